The van der Waals surface area contributed by atoms with Gasteiger partial charge in [0.15, 0.2) is 0 Å². The predicted octanol–water partition coefficient (Wildman–Crippen LogP) is 2.00. The summed E-state index contributed by atoms with van der Waals surface area (Å²) in [5.41, 5.74) is 8.06. The van der Waals surface area contributed by atoms with Crippen molar-refractivity contribution in [2.24, 2.45) is 11.7 Å². The van der Waals surface area contributed by atoms with E-state index in [2.05, 4.69) is 11.4 Å². The maximum atomic E-state index is 12.4. The first-order valence-electron chi connectivity index (χ1n) is 9.89. The second-order valence-corrected chi connectivity index (χ2v) is 7.56. The molecule has 4 rings (SSSR count). The highest BCUT2D eigenvalue weighted by molar-refractivity contribution is 6.05. The highest BCUT2D eigenvalue weighted by atomic mass is 16.2. The number of nitrogens with two attached hydrogens (primary N) is 1. The van der Waals surface area contributed by atoms with Crippen LogP contribution in [0, 0.1) is 17.2 Å². The molecule has 1 aromatic rings. The summed E-state index contributed by atoms with van der Waals surface area (Å²) in [6, 6.07) is 7.22. The molecule has 0 aromatic heterocycles. The summed E-state index contributed by atoms with van der Waals surface area (Å²) in [5.74, 6) is -0.427. The number of rotatable bonds is 2. The fraction of sp³-hybridized carbons (Fsp3) is 0.524. The van der Waals surface area contributed by atoms with Gasteiger partial charge in [0.2, 0.25) is 11.8 Å². The van der Waals surface area contributed by atoms with Crippen LogP contribution in [0.1, 0.15) is 66.4 Å². The second-order valence-electron chi connectivity index (χ2n) is 7.56. The first kappa shape index (κ1) is 20.0. The van der Waals surface area contributed by atoms with Gasteiger partial charge < -0.3 is 10.6 Å². The number of hydrogen-bond donors (Lipinski definition) is 2. The molecule has 1 atom stereocenters. The molecular formula is C21H26N4O3. The third-order valence-electron chi connectivity index (χ3n) is 5.61. The molecule has 0 bridgehead atoms. The largest absolute Gasteiger partial charge is 0.326 e. The fourth-order valence-electron chi connectivity index (χ4n) is 3.99. The van der Waals surface area contributed by atoms with Gasteiger partial charge in [0.1, 0.15) is 6.04 Å². The number of hydrogen-bond acceptors (Lipinski definition) is 5. The van der Waals surface area contributed by atoms with E-state index >= 15 is 0 Å². The number of imide groups is 1. The molecule has 7 heteroatoms. The van der Waals surface area contributed by atoms with Crippen molar-refractivity contribution in [2.75, 3.05) is 0 Å². The van der Waals surface area contributed by atoms with Crippen LogP contribution in [0.15, 0.2) is 18.2 Å². The number of nitrogens with zero attached hydrogens (tertiary/aromatic N) is 2. The topological polar surface area (TPSA) is 116 Å². The predicted molar refractivity (Wildman–Crippen MR) is 103 cm³/mol. The lowest BCUT2D eigenvalue weighted by Gasteiger charge is -2.29. The van der Waals surface area contributed by atoms with Crippen molar-refractivity contribution in [3.8, 4) is 6.07 Å². The van der Waals surface area contributed by atoms with E-state index in [4.69, 9.17) is 11.0 Å². The van der Waals surface area contributed by atoms with E-state index in [1.54, 1.807) is 6.07 Å². The minimum absolute atomic E-state index is 0.155. The van der Waals surface area contributed by atoms with Gasteiger partial charge in [-0.1, -0.05) is 31.4 Å². The average Bonchev–Trinajstić information content (AvgIpc) is 3.04. The lowest BCUT2D eigenvalue weighted by atomic mass is 9.91. The molecule has 3 N–H and O–H groups in total. The molecule has 1 unspecified atom stereocenters. The van der Waals surface area contributed by atoms with Crippen LogP contribution in [-0.2, 0) is 22.7 Å². The van der Waals surface area contributed by atoms with Gasteiger partial charge in [-0.25, -0.2) is 0 Å². The molecule has 2 aliphatic heterocycles. The maximum absolute atomic E-state index is 12.4. The number of carbonyl (C=O) groups is 3. The third-order valence-corrected chi connectivity index (χ3v) is 5.61. The Morgan fingerprint density at radius 2 is 1.89 bits per heavy atom. The first-order chi connectivity index (χ1) is 13.5. The van der Waals surface area contributed by atoms with Crippen molar-refractivity contribution in [3.05, 3.63) is 34.9 Å². The summed E-state index contributed by atoms with van der Waals surface area (Å²) in [6.07, 6.45) is 6.85. The maximum Gasteiger partial charge on any atom is 0.255 e. The van der Waals surface area contributed by atoms with E-state index in [-0.39, 0.29) is 24.1 Å². The summed E-state index contributed by atoms with van der Waals surface area (Å²) < 4.78 is 0. The molecule has 3 aliphatic rings. The van der Waals surface area contributed by atoms with E-state index in [0.717, 1.165) is 24.0 Å². The second kappa shape index (κ2) is 8.98. The van der Waals surface area contributed by atoms with Crippen LogP contribution in [0.3, 0.4) is 0 Å². The van der Waals surface area contributed by atoms with Gasteiger partial charge in [0.05, 0.1) is 6.07 Å². The molecule has 1 saturated heterocycles. The van der Waals surface area contributed by atoms with E-state index in [1.165, 1.54) is 24.2 Å². The summed E-state index contributed by atoms with van der Waals surface area (Å²) in [7, 11) is 0. The van der Waals surface area contributed by atoms with Crippen LogP contribution in [0.5, 0.6) is 0 Å². The van der Waals surface area contributed by atoms with Crippen LogP contribution in [0.2, 0.25) is 0 Å². The lowest BCUT2D eigenvalue weighted by molar-refractivity contribution is -0.136. The molecular weight excluding hydrogens is 356 g/mol. The smallest absolute Gasteiger partial charge is 0.255 e. The zero-order valence-electron chi connectivity index (χ0n) is 15.9. The Bertz CT molecular complexity index is 808. The minimum atomic E-state index is -0.561. The number of nitriles is 1. The van der Waals surface area contributed by atoms with Gasteiger partial charge in [-0.2, -0.15) is 5.26 Å². The molecule has 1 aromatic carbocycles. The number of amides is 3. The van der Waals surface area contributed by atoms with Gasteiger partial charge >= 0.3 is 0 Å². The van der Waals surface area contributed by atoms with E-state index in [0.29, 0.717) is 31.0 Å². The SMILES string of the molecule is N#CC1CCCCC1.NCc1ccc2c(c1)CN(C1CCC(=O)NC1=O)C2=O. The van der Waals surface area contributed by atoms with Crippen molar-refractivity contribution in [1.29, 1.82) is 5.26 Å². The zero-order chi connectivity index (χ0) is 20.1. The van der Waals surface area contributed by atoms with Crippen LogP contribution >= 0.6 is 0 Å². The molecule has 0 radical (unpaired) electrons. The van der Waals surface area contributed by atoms with Gasteiger partial charge in [0, 0.05) is 31.0 Å². The molecule has 1 aliphatic carbocycles. The van der Waals surface area contributed by atoms with Crippen molar-refractivity contribution < 1.29 is 14.4 Å². The Hall–Kier alpha value is -2.72. The summed E-state index contributed by atoms with van der Waals surface area (Å²) >= 11 is 0. The van der Waals surface area contributed by atoms with Crippen molar-refractivity contribution in [2.45, 2.75) is 64.1 Å². The number of benzene rings is 1. The number of piperidine rings is 1. The molecule has 2 fully saturated rings. The molecule has 2 heterocycles. The van der Waals surface area contributed by atoms with E-state index in [9.17, 15) is 14.4 Å². The Labute approximate surface area is 164 Å². The van der Waals surface area contributed by atoms with Crippen LogP contribution in [0.4, 0.5) is 0 Å². The van der Waals surface area contributed by atoms with Crippen molar-refractivity contribution >= 4 is 17.7 Å². The van der Waals surface area contributed by atoms with Gasteiger partial charge in [0.25, 0.3) is 5.91 Å². The Kier molecular flexibility index (Phi) is 6.42. The number of carbonyl (C=O) groups excluding carboxylic acids is 3. The molecule has 3 amide bonds. The summed E-state index contributed by atoms with van der Waals surface area (Å²) in [6.45, 7) is 0.814. The van der Waals surface area contributed by atoms with Crippen molar-refractivity contribution in [3.63, 3.8) is 0 Å². The molecule has 148 valence electrons. The number of nitrogens with one attached hydrogen (secondary N) is 1. The number of fused-ring (bicyclic) bond motifs is 1. The lowest BCUT2D eigenvalue weighted by Crippen LogP contribution is -2.52. The normalized spacial score (nSPS) is 22.1. The van der Waals surface area contributed by atoms with Crippen molar-refractivity contribution in [1.82, 2.24) is 10.2 Å². The van der Waals surface area contributed by atoms with E-state index < -0.39 is 6.04 Å². The first-order valence-corrected chi connectivity index (χ1v) is 9.89. The Morgan fingerprint density at radius 3 is 2.50 bits per heavy atom. The van der Waals surface area contributed by atoms with Gasteiger partial charge in [-0.3, -0.25) is 19.7 Å². The van der Waals surface area contributed by atoms with Crippen LogP contribution in [-0.4, -0.2) is 28.7 Å². The summed E-state index contributed by atoms with van der Waals surface area (Å²) in [4.78, 5) is 36.9. The summed E-state index contributed by atoms with van der Waals surface area (Å²) in [5, 5.41) is 10.7. The quantitative estimate of drug-likeness (QED) is 0.759. The van der Waals surface area contributed by atoms with Crippen LogP contribution in [0.25, 0.3) is 0 Å². The highest BCUT2D eigenvalue weighted by Gasteiger charge is 2.38. The molecule has 0 spiro atoms. The monoisotopic (exact) mass is 382 g/mol. The minimum Gasteiger partial charge on any atom is -0.326 e. The van der Waals surface area contributed by atoms with Gasteiger partial charge in [-0.15, -0.1) is 0 Å². The fourth-order valence-corrected chi connectivity index (χ4v) is 3.99. The average molecular weight is 382 g/mol. The zero-order valence-corrected chi connectivity index (χ0v) is 15.9. The standard InChI is InChI=1S/C14H15N3O3.C7H11N/c15-6-8-1-2-10-9(5-8)7-17(14(10)20)11-3-4-12(18)16-13(11)19;8-6-7-4-2-1-3-5-7/h1-2,5,11H,3-4,6-7,15H2,(H,16,18,19);7H,1-5H2. The van der Waals surface area contributed by atoms with Crippen LogP contribution < -0.4 is 11.1 Å². The Balaban J connectivity index is 0.000000236. The Morgan fingerprint density at radius 1 is 1.14 bits per heavy atom. The molecule has 7 nitrogen and oxygen atoms in total. The third kappa shape index (κ3) is 4.39. The van der Waals surface area contributed by atoms with E-state index in [1.807, 2.05) is 12.1 Å². The molecule has 1 saturated carbocycles. The van der Waals surface area contributed by atoms with Gasteiger partial charge in [-0.05, 0) is 36.5 Å². The highest BCUT2D eigenvalue weighted by Crippen LogP contribution is 2.28. The molecule has 28 heavy (non-hydrogen) atoms.